The number of hydrogen-bond acceptors (Lipinski definition) is 3. The second-order valence-electron chi connectivity index (χ2n) is 3.40. The first-order chi connectivity index (χ1) is 7.16. The molecule has 0 aliphatic rings. The number of ketones is 1. The van der Waals surface area contributed by atoms with Crippen LogP contribution in [0.4, 0.5) is 0 Å². The minimum absolute atomic E-state index is 0.128. The van der Waals surface area contributed by atoms with Gasteiger partial charge >= 0.3 is 0 Å². The number of aromatic nitrogens is 1. The van der Waals surface area contributed by atoms with Gasteiger partial charge in [-0.25, -0.2) is 4.98 Å². The Morgan fingerprint density at radius 3 is 3.00 bits per heavy atom. The zero-order valence-corrected chi connectivity index (χ0v) is 9.04. The summed E-state index contributed by atoms with van der Waals surface area (Å²) in [5, 5.41) is 0.550. The molecule has 0 saturated heterocycles. The van der Waals surface area contributed by atoms with Crippen LogP contribution in [0.25, 0.3) is 11.1 Å². The van der Waals surface area contributed by atoms with Gasteiger partial charge in [0.25, 0.3) is 0 Å². The van der Waals surface area contributed by atoms with Crippen molar-refractivity contribution in [1.29, 1.82) is 0 Å². The molecule has 0 radical (unpaired) electrons. The molecule has 1 heterocycles. The highest BCUT2D eigenvalue weighted by Crippen LogP contribution is 2.24. The van der Waals surface area contributed by atoms with Crippen molar-refractivity contribution in [3.05, 3.63) is 29.1 Å². The molecule has 3 nitrogen and oxygen atoms in total. The number of Topliss-reactive ketones (excluding diaryl/α,β-unsaturated/α-hetero) is 1. The van der Waals surface area contributed by atoms with E-state index in [1.54, 1.807) is 13.0 Å². The van der Waals surface area contributed by atoms with Crippen molar-refractivity contribution in [3.8, 4) is 0 Å². The maximum Gasteiger partial charge on any atom is 0.195 e. The van der Waals surface area contributed by atoms with Crippen molar-refractivity contribution in [2.45, 2.75) is 19.8 Å². The molecule has 78 valence electrons. The third-order valence-electron chi connectivity index (χ3n) is 2.10. The summed E-state index contributed by atoms with van der Waals surface area (Å²) in [6, 6.07) is 5.41. The Kier molecular flexibility index (Phi) is 2.73. The summed E-state index contributed by atoms with van der Waals surface area (Å²) in [5.74, 6) is 0.691. The highest BCUT2D eigenvalue weighted by molar-refractivity contribution is 6.34. The number of nitrogens with zero attached hydrogens (tertiary/aromatic N) is 1. The quantitative estimate of drug-likeness (QED) is 0.804. The lowest BCUT2D eigenvalue weighted by Gasteiger charge is -1.90. The molecule has 2 rings (SSSR count). The van der Waals surface area contributed by atoms with E-state index in [2.05, 4.69) is 4.98 Å². The monoisotopic (exact) mass is 223 g/mol. The van der Waals surface area contributed by atoms with Gasteiger partial charge in [0.2, 0.25) is 0 Å². The smallest absolute Gasteiger partial charge is 0.195 e. The topological polar surface area (TPSA) is 43.1 Å². The van der Waals surface area contributed by atoms with Crippen molar-refractivity contribution in [2.75, 3.05) is 0 Å². The summed E-state index contributed by atoms with van der Waals surface area (Å²) in [4.78, 5) is 15.0. The normalized spacial score (nSPS) is 10.8. The fraction of sp³-hybridized carbons (Fsp3) is 0.273. The van der Waals surface area contributed by atoms with E-state index < -0.39 is 0 Å². The number of carbonyl (C=O) groups excluding carboxylic acids is 1. The van der Waals surface area contributed by atoms with Crippen LogP contribution in [0.15, 0.2) is 22.6 Å². The Morgan fingerprint density at radius 1 is 1.53 bits per heavy atom. The molecule has 0 unspecified atom stereocenters. The Hall–Kier alpha value is -1.35. The molecule has 4 heteroatoms. The first-order valence-corrected chi connectivity index (χ1v) is 5.08. The molecule has 1 aromatic carbocycles. The summed E-state index contributed by atoms with van der Waals surface area (Å²) < 4.78 is 5.45. The standard InChI is InChI=1S/C11H10ClNO2/c1-7(14)5-6-10-13-9-4-2-3-8(12)11(9)15-10/h2-4H,5-6H2,1H3. The van der Waals surface area contributed by atoms with Crippen LogP contribution in [0, 0.1) is 0 Å². The van der Waals surface area contributed by atoms with Crippen molar-refractivity contribution in [3.63, 3.8) is 0 Å². The zero-order chi connectivity index (χ0) is 10.8. The number of para-hydroxylation sites is 1. The van der Waals surface area contributed by atoms with E-state index in [4.69, 9.17) is 16.0 Å². The third-order valence-corrected chi connectivity index (χ3v) is 2.40. The van der Waals surface area contributed by atoms with Crippen LogP contribution in [0.5, 0.6) is 0 Å². The van der Waals surface area contributed by atoms with E-state index in [-0.39, 0.29) is 5.78 Å². The molecular weight excluding hydrogens is 214 g/mol. The molecule has 0 N–H and O–H groups in total. The number of oxazole rings is 1. The number of hydrogen-bond donors (Lipinski definition) is 0. The number of aryl methyl sites for hydroxylation is 1. The average Bonchev–Trinajstić information content (AvgIpc) is 2.59. The highest BCUT2D eigenvalue weighted by Gasteiger charge is 2.08. The second-order valence-corrected chi connectivity index (χ2v) is 3.80. The summed E-state index contributed by atoms with van der Waals surface area (Å²) in [5.41, 5.74) is 1.33. The van der Waals surface area contributed by atoms with Crippen LogP contribution >= 0.6 is 11.6 Å². The Balaban J connectivity index is 2.31. The molecule has 15 heavy (non-hydrogen) atoms. The third kappa shape index (κ3) is 2.18. The van der Waals surface area contributed by atoms with Gasteiger partial charge in [-0.1, -0.05) is 17.7 Å². The predicted molar refractivity (Wildman–Crippen MR) is 58.0 cm³/mol. The minimum Gasteiger partial charge on any atom is -0.439 e. The lowest BCUT2D eigenvalue weighted by atomic mass is 10.2. The van der Waals surface area contributed by atoms with Gasteiger partial charge in [-0.05, 0) is 19.1 Å². The van der Waals surface area contributed by atoms with Gasteiger partial charge < -0.3 is 9.21 Å². The molecule has 0 aliphatic carbocycles. The zero-order valence-electron chi connectivity index (χ0n) is 8.29. The van der Waals surface area contributed by atoms with Gasteiger partial charge in [0, 0.05) is 12.8 Å². The van der Waals surface area contributed by atoms with Crippen molar-refractivity contribution in [2.24, 2.45) is 0 Å². The van der Waals surface area contributed by atoms with Crippen molar-refractivity contribution in [1.82, 2.24) is 4.98 Å². The molecular formula is C11H10ClNO2. The fourth-order valence-corrected chi connectivity index (χ4v) is 1.56. The molecule has 0 fully saturated rings. The summed E-state index contributed by atoms with van der Waals surface area (Å²) >= 11 is 5.93. The van der Waals surface area contributed by atoms with E-state index in [0.29, 0.717) is 29.3 Å². The van der Waals surface area contributed by atoms with Crippen LogP contribution in [-0.2, 0) is 11.2 Å². The number of halogens is 1. The van der Waals surface area contributed by atoms with Gasteiger partial charge in [-0.15, -0.1) is 0 Å². The molecule has 0 saturated carbocycles. The Labute approximate surface area is 92.1 Å². The van der Waals surface area contributed by atoms with E-state index in [1.807, 2.05) is 12.1 Å². The lowest BCUT2D eigenvalue weighted by Crippen LogP contribution is -1.93. The number of rotatable bonds is 3. The van der Waals surface area contributed by atoms with Crippen LogP contribution in [-0.4, -0.2) is 10.8 Å². The Bertz CT molecular complexity index is 504. The maximum atomic E-state index is 10.8. The number of fused-ring (bicyclic) bond motifs is 1. The van der Waals surface area contributed by atoms with Crippen molar-refractivity contribution >= 4 is 28.5 Å². The van der Waals surface area contributed by atoms with Crippen LogP contribution < -0.4 is 0 Å². The first-order valence-electron chi connectivity index (χ1n) is 4.70. The first kappa shape index (κ1) is 10.2. The predicted octanol–water partition coefficient (Wildman–Crippen LogP) is 3.00. The lowest BCUT2D eigenvalue weighted by molar-refractivity contribution is -0.117. The fourth-order valence-electron chi connectivity index (χ4n) is 1.35. The molecule has 0 atom stereocenters. The van der Waals surface area contributed by atoms with E-state index in [1.165, 1.54) is 0 Å². The van der Waals surface area contributed by atoms with Gasteiger partial charge in [-0.3, -0.25) is 0 Å². The molecule has 0 bridgehead atoms. The molecule has 0 spiro atoms. The van der Waals surface area contributed by atoms with E-state index >= 15 is 0 Å². The van der Waals surface area contributed by atoms with Gasteiger partial charge in [0.15, 0.2) is 11.5 Å². The molecule has 0 aliphatic heterocycles. The van der Waals surface area contributed by atoms with Crippen molar-refractivity contribution < 1.29 is 9.21 Å². The summed E-state index contributed by atoms with van der Waals surface area (Å²) in [6.45, 7) is 1.55. The summed E-state index contributed by atoms with van der Waals surface area (Å²) in [6.07, 6.45) is 0.977. The largest absolute Gasteiger partial charge is 0.439 e. The van der Waals surface area contributed by atoms with E-state index in [9.17, 15) is 4.79 Å². The number of carbonyl (C=O) groups is 1. The van der Waals surface area contributed by atoms with Gasteiger partial charge in [0.05, 0.1) is 5.02 Å². The molecule has 1 aromatic heterocycles. The van der Waals surface area contributed by atoms with E-state index in [0.717, 1.165) is 5.52 Å². The van der Waals surface area contributed by atoms with Gasteiger partial charge in [-0.2, -0.15) is 0 Å². The van der Waals surface area contributed by atoms with Crippen LogP contribution in [0.2, 0.25) is 5.02 Å². The average molecular weight is 224 g/mol. The molecule has 0 amide bonds. The SMILES string of the molecule is CC(=O)CCc1nc2cccc(Cl)c2o1. The van der Waals surface area contributed by atoms with Crippen LogP contribution in [0.1, 0.15) is 19.2 Å². The highest BCUT2D eigenvalue weighted by atomic mass is 35.5. The number of benzene rings is 1. The summed E-state index contributed by atoms with van der Waals surface area (Å²) in [7, 11) is 0. The Morgan fingerprint density at radius 2 is 2.33 bits per heavy atom. The molecule has 2 aromatic rings. The van der Waals surface area contributed by atoms with Gasteiger partial charge in [0.1, 0.15) is 11.3 Å². The second kappa shape index (κ2) is 4.03. The maximum absolute atomic E-state index is 10.8. The minimum atomic E-state index is 0.128. The van der Waals surface area contributed by atoms with Crippen LogP contribution in [0.3, 0.4) is 0 Å².